The van der Waals surface area contributed by atoms with Crippen molar-refractivity contribution in [1.29, 1.82) is 0 Å². The first-order chi connectivity index (χ1) is 13.5. The summed E-state index contributed by atoms with van der Waals surface area (Å²) in [6.45, 7) is 2.29. The van der Waals surface area contributed by atoms with Crippen molar-refractivity contribution in [2.45, 2.75) is 19.4 Å². The van der Waals surface area contributed by atoms with Crippen molar-refractivity contribution >= 4 is 17.4 Å². The van der Waals surface area contributed by atoms with Crippen LogP contribution in [0.25, 0.3) is 5.76 Å². The molecule has 2 aromatic carbocycles. The van der Waals surface area contributed by atoms with Crippen LogP contribution in [0.4, 0.5) is 4.39 Å². The molecule has 1 heterocycles. The van der Waals surface area contributed by atoms with Gasteiger partial charge in [-0.2, -0.15) is 0 Å². The highest BCUT2D eigenvalue weighted by atomic mass is 19.1. The molecule has 1 aliphatic heterocycles. The van der Waals surface area contributed by atoms with Crippen molar-refractivity contribution < 1.29 is 23.8 Å². The third kappa shape index (κ3) is 3.55. The van der Waals surface area contributed by atoms with Crippen LogP contribution in [-0.4, -0.2) is 42.0 Å². The number of ketones is 1. The maximum atomic E-state index is 14.5. The number of methoxy groups -OCH3 is 1. The molecule has 1 atom stereocenters. The van der Waals surface area contributed by atoms with E-state index in [4.69, 9.17) is 4.74 Å². The number of aliphatic hydroxyl groups is 1. The van der Waals surface area contributed by atoms with Crippen molar-refractivity contribution in [1.82, 2.24) is 4.90 Å². The molecule has 0 bridgehead atoms. The highest BCUT2D eigenvalue weighted by molar-refractivity contribution is 6.46. The summed E-state index contributed by atoms with van der Waals surface area (Å²) in [5.41, 5.74) is 1.52. The fourth-order valence-electron chi connectivity index (χ4n) is 3.37. The molecule has 0 radical (unpaired) electrons. The van der Waals surface area contributed by atoms with E-state index in [1.807, 2.05) is 19.1 Å². The third-order valence-electron chi connectivity index (χ3n) is 4.91. The molecule has 5 nitrogen and oxygen atoms in total. The van der Waals surface area contributed by atoms with Gasteiger partial charge >= 0.3 is 0 Å². The van der Waals surface area contributed by atoms with E-state index in [-0.39, 0.29) is 30.0 Å². The molecule has 1 amide bonds. The summed E-state index contributed by atoms with van der Waals surface area (Å²) in [7, 11) is 1.48. The predicted octanol–water partition coefficient (Wildman–Crippen LogP) is 3.46. The molecule has 146 valence electrons. The van der Waals surface area contributed by atoms with Crippen molar-refractivity contribution in [2.75, 3.05) is 20.3 Å². The van der Waals surface area contributed by atoms with E-state index in [2.05, 4.69) is 0 Å². The van der Waals surface area contributed by atoms with E-state index in [1.165, 1.54) is 30.2 Å². The summed E-state index contributed by atoms with van der Waals surface area (Å²) in [4.78, 5) is 26.6. The smallest absolute Gasteiger partial charge is 0.295 e. The van der Waals surface area contributed by atoms with Gasteiger partial charge in [-0.1, -0.05) is 49.4 Å². The number of halogens is 1. The number of benzene rings is 2. The van der Waals surface area contributed by atoms with Crippen LogP contribution in [0.1, 0.15) is 29.7 Å². The number of hydrogen-bond acceptors (Lipinski definition) is 4. The van der Waals surface area contributed by atoms with Gasteiger partial charge in [-0.15, -0.1) is 0 Å². The Balaban J connectivity index is 2.16. The summed E-state index contributed by atoms with van der Waals surface area (Å²) < 4.78 is 19.6. The van der Waals surface area contributed by atoms with Crippen LogP contribution in [0.15, 0.2) is 54.1 Å². The van der Waals surface area contributed by atoms with Crippen molar-refractivity contribution in [3.63, 3.8) is 0 Å². The Morgan fingerprint density at radius 1 is 1.14 bits per heavy atom. The number of ether oxygens (including phenoxy) is 1. The van der Waals surface area contributed by atoms with E-state index in [0.717, 1.165) is 12.0 Å². The van der Waals surface area contributed by atoms with Crippen molar-refractivity contribution in [3.05, 3.63) is 76.6 Å². The molecule has 1 N–H and O–H groups in total. The summed E-state index contributed by atoms with van der Waals surface area (Å²) >= 11 is 0. The number of rotatable bonds is 6. The minimum Gasteiger partial charge on any atom is -0.507 e. The van der Waals surface area contributed by atoms with Gasteiger partial charge in [0.05, 0.1) is 18.2 Å². The van der Waals surface area contributed by atoms with Crippen LogP contribution in [-0.2, 0) is 20.7 Å². The van der Waals surface area contributed by atoms with Crippen LogP contribution < -0.4 is 0 Å². The normalized spacial score (nSPS) is 18.7. The molecule has 1 unspecified atom stereocenters. The highest BCUT2D eigenvalue weighted by Crippen LogP contribution is 2.40. The van der Waals surface area contributed by atoms with E-state index in [1.54, 1.807) is 18.2 Å². The lowest BCUT2D eigenvalue weighted by Crippen LogP contribution is -2.33. The number of amides is 1. The molecule has 6 heteroatoms. The molecule has 1 saturated heterocycles. The Labute approximate surface area is 163 Å². The van der Waals surface area contributed by atoms with Gasteiger partial charge in [0.1, 0.15) is 11.6 Å². The predicted molar refractivity (Wildman–Crippen MR) is 103 cm³/mol. The maximum absolute atomic E-state index is 14.5. The first kappa shape index (κ1) is 19.8. The summed E-state index contributed by atoms with van der Waals surface area (Å²) in [5, 5.41) is 10.9. The van der Waals surface area contributed by atoms with E-state index in [9.17, 15) is 19.1 Å². The lowest BCUT2D eigenvalue weighted by molar-refractivity contribution is -0.140. The van der Waals surface area contributed by atoms with Gasteiger partial charge in [0, 0.05) is 24.8 Å². The maximum Gasteiger partial charge on any atom is 0.295 e. The zero-order valence-corrected chi connectivity index (χ0v) is 15.8. The zero-order chi connectivity index (χ0) is 20.3. The molecule has 2 aromatic rings. The van der Waals surface area contributed by atoms with Crippen LogP contribution in [0.3, 0.4) is 0 Å². The standard InChI is InChI=1S/C22H22FNO4/c1-3-14-8-10-15(11-9-14)20(25)18-19(16-6-4-5-7-17(16)23)24(12-13-28-2)22(27)21(18)26/h4-11,19,25H,3,12-13H2,1-2H3/b20-18-. The van der Waals surface area contributed by atoms with Crippen LogP contribution >= 0.6 is 0 Å². The largest absolute Gasteiger partial charge is 0.507 e. The molecule has 0 spiro atoms. The number of aryl methyl sites for hydroxylation is 1. The number of aliphatic hydroxyl groups excluding tert-OH is 1. The summed E-state index contributed by atoms with van der Waals surface area (Å²) in [5.74, 6) is -2.48. The Kier molecular flexibility index (Phi) is 5.90. The number of carbonyl (C=O) groups is 2. The topological polar surface area (TPSA) is 66.8 Å². The molecule has 1 aliphatic rings. The summed E-state index contributed by atoms with van der Waals surface area (Å²) in [6, 6.07) is 12.0. The Morgan fingerprint density at radius 2 is 1.82 bits per heavy atom. The zero-order valence-electron chi connectivity index (χ0n) is 15.8. The quantitative estimate of drug-likeness (QED) is 0.471. The lowest BCUT2D eigenvalue weighted by atomic mass is 9.94. The van der Waals surface area contributed by atoms with Gasteiger partial charge < -0.3 is 14.7 Å². The Bertz CT molecular complexity index is 920. The number of likely N-dealkylation sites (tertiary alicyclic amines) is 1. The highest BCUT2D eigenvalue weighted by Gasteiger charge is 2.46. The number of nitrogens with zero attached hydrogens (tertiary/aromatic N) is 1. The second-order valence-electron chi connectivity index (χ2n) is 6.56. The van der Waals surface area contributed by atoms with Crippen molar-refractivity contribution in [3.8, 4) is 0 Å². The Hall–Kier alpha value is -2.99. The Morgan fingerprint density at radius 3 is 2.43 bits per heavy atom. The second kappa shape index (κ2) is 8.35. The first-order valence-electron chi connectivity index (χ1n) is 9.10. The molecule has 1 fully saturated rings. The van der Waals surface area contributed by atoms with Crippen LogP contribution in [0.5, 0.6) is 0 Å². The molecule has 3 rings (SSSR count). The SMILES string of the molecule is CCc1ccc(/C(O)=C2/C(=O)C(=O)N(CCOC)C2c2ccccc2F)cc1. The fourth-order valence-corrected chi connectivity index (χ4v) is 3.37. The fraction of sp³-hybridized carbons (Fsp3) is 0.273. The number of Topliss-reactive ketones (excluding diaryl/α,β-unsaturated/α-hetero) is 1. The van der Waals surface area contributed by atoms with Gasteiger partial charge in [-0.05, 0) is 18.1 Å². The van der Waals surface area contributed by atoms with E-state index in [0.29, 0.717) is 5.56 Å². The number of hydrogen-bond donors (Lipinski definition) is 1. The van der Waals surface area contributed by atoms with Crippen molar-refractivity contribution in [2.24, 2.45) is 0 Å². The van der Waals surface area contributed by atoms with Gasteiger partial charge in [-0.25, -0.2) is 4.39 Å². The van der Waals surface area contributed by atoms with E-state index < -0.39 is 23.5 Å². The van der Waals surface area contributed by atoms with Crippen LogP contribution in [0, 0.1) is 5.82 Å². The van der Waals surface area contributed by atoms with Gasteiger partial charge in [-0.3, -0.25) is 9.59 Å². The summed E-state index contributed by atoms with van der Waals surface area (Å²) in [6.07, 6.45) is 0.831. The third-order valence-corrected chi connectivity index (χ3v) is 4.91. The molecule has 0 saturated carbocycles. The second-order valence-corrected chi connectivity index (χ2v) is 6.56. The molecular weight excluding hydrogens is 361 g/mol. The van der Waals surface area contributed by atoms with Crippen LogP contribution in [0.2, 0.25) is 0 Å². The average Bonchev–Trinajstić information content (AvgIpc) is 2.96. The average molecular weight is 383 g/mol. The van der Waals surface area contributed by atoms with Gasteiger partial charge in [0.15, 0.2) is 0 Å². The monoisotopic (exact) mass is 383 g/mol. The first-order valence-corrected chi connectivity index (χ1v) is 9.10. The molecular formula is C22H22FNO4. The van der Waals surface area contributed by atoms with Gasteiger partial charge in [0.2, 0.25) is 0 Å². The number of carbonyl (C=O) groups excluding carboxylic acids is 2. The molecule has 0 aromatic heterocycles. The molecule has 28 heavy (non-hydrogen) atoms. The minimum atomic E-state index is -1.01. The molecule has 0 aliphatic carbocycles. The van der Waals surface area contributed by atoms with E-state index >= 15 is 0 Å². The lowest BCUT2D eigenvalue weighted by Gasteiger charge is -2.25. The van der Waals surface area contributed by atoms with Gasteiger partial charge in [0.25, 0.3) is 11.7 Å². The minimum absolute atomic E-state index is 0.103.